The zero-order valence-corrected chi connectivity index (χ0v) is 33.9. The topological polar surface area (TPSA) is 199 Å². The van der Waals surface area contributed by atoms with E-state index in [9.17, 15) is 27.6 Å². The Balaban J connectivity index is 1.23. The van der Waals surface area contributed by atoms with Gasteiger partial charge in [0, 0.05) is 36.1 Å². The molecule has 0 spiro atoms. The van der Waals surface area contributed by atoms with Crippen LogP contribution in [0.3, 0.4) is 0 Å². The van der Waals surface area contributed by atoms with Crippen LogP contribution in [0.1, 0.15) is 101 Å². The molecule has 1 aromatic carbocycles. The van der Waals surface area contributed by atoms with Gasteiger partial charge in [-0.15, -0.1) is 0 Å². The van der Waals surface area contributed by atoms with E-state index >= 15 is 0 Å². The van der Waals surface area contributed by atoms with Crippen LogP contribution in [0.25, 0.3) is 10.9 Å². The second-order valence-corrected chi connectivity index (χ2v) is 18.6. The molecule has 0 bridgehead atoms. The molecule has 16 heteroatoms. The Hall–Kier alpha value is -4.99. The van der Waals surface area contributed by atoms with E-state index in [4.69, 9.17) is 19.2 Å². The Morgan fingerprint density at radius 1 is 1.09 bits per heavy atom. The smallest absolute Gasteiger partial charge is 0.269 e. The lowest BCUT2D eigenvalue weighted by Gasteiger charge is -2.29. The molecule has 3 fully saturated rings. The summed E-state index contributed by atoms with van der Waals surface area (Å²) in [5.41, 5.74) is 0.302. The van der Waals surface area contributed by atoms with Gasteiger partial charge in [-0.25, -0.2) is 13.4 Å². The molecule has 4 aliphatic rings. The number of aromatic amines is 1. The number of carbonyl (C=O) groups excluding carboxylic acids is 4. The van der Waals surface area contributed by atoms with Gasteiger partial charge in [-0.1, -0.05) is 25.0 Å². The van der Waals surface area contributed by atoms with Gasteiger partial charge in [0.25, 0.3) is 5.91 Å². The Bertz CT molecular complexity index is 2180. The number of hydrogen-bond donors (Lipinski definition) is 3. The number of nitrogens with zero attached hydrogens (tertiary/aromatic N) is 3. The normalized spacial score (nSPS) is 26.7. The predicted molar refractivity (Wildman–Crippen MR) is 210 cm³/mol. The third kappa shape index (κ3) is 8.23. The van der Waals surface area contributed by atoms with Crippen LogP contribution in [0.15, 0.2) is 42.6 Å². The molecule has 3 amide bonds. The fourth-order valence-corrected chi connectivity index (χ4v) is 9.40. The first-order valence-corrected chi connectivity index (χ1v) is 21.3. The molecular weight excluding hydrogens is 753 g/mol. The minimum absolute atomic E-state index is 0.0141. The van der Waals surface area contributed by atoms with Gasteiger partial charge in [0.2, 0.25) is 27.7 Å². The molecule has 1 saturated heterocycles. The Morgan fingerprint density at radius 2 is 1.88 bits per heavy atom. The fourth-order valence-electron chi connectivity index (χ4n) is 8.06. The lowest BCUT2D eigenvalue weighted by Crippen LogP contribution is -2.52. The molecule has 57 heavy (non-hydrogen) atoms. The second kappa shape index (κ2) is 15.7. The molecule has 2 aromatic heterocycles. The summed E-state index contributed by atoms with van der Waals surface area (Å²) in [6, 6.07) is 4.89. The van der Waals surface area contributed by atoms with Crippen LogP contribution >= 0.6 is 0 Å². The monoisotopic (exact) mass is 804 g/mol. The van der Waals surface area contributed by atoms with Gasteiger partial charge in [-0.3, -0.25) is 29.0 Å². The van der Waals surface area contributed by atoms with Gasteiger partial charge >= 0.3 is 0 Å². The van der Waals surface area contributed by atoms with Crippen molar-refractivity contribution in [2.75, 3.05) is 13.7 Å². The summed E-state index contributed by atoms with van der Waals surface area (Å²) < 4.78 is 46.0. The summed E-state index contributed by atoms with van der Waals surface area (Å²) in [5.74, 6) is -0.943. The maximum atomic E-state index is 14.7. The van der Waals surface area contributed by atoms with E-state index in [0.717, 1.165) is 18.4 Å². The van der Waals surface area contributed by atoms with Gasteiger partial charge in [0.1, 0.15) is 29.3 Å². The molecule has 3 N–H and O–H groups in total. The van der Waals surface area contributed by atoms with E-state index in [1.807, 2.05) is 45.1 Å². The summed E-state index contributed by atoms with van der Waals surface area (Å²) in [7, 11) is -2.38. The van der Waals surface area contributed by atoms with Crippen LogP contribution in [0.5, 0.6) is 17.4 Å². The largest absolute Gasteiger partial charge is 0.496 e. The lowest BCUT2D eigenvalue weighted by atomic mass is 9.91. The molecule has 0 radical (unpaired) electrons. The van der Waals surface area contributed by atoms with E-state index < -0.39 is 56.1 Å². The van der Waals surface area contributed by atoms with Crippen LogP contribution in [0.2, 0.25) is 0 Å². The summed E-state index contributed by atoms with van der Waals surface area (Å²) in [4.78, 5) is 62.8. The number of rotatable bonds is 10. The number of H-pyrrole nitrogens is 1. The van der Waals surface area contributed by atoms with Crippen LogP contribution in [0.4, 0.5) is 0 Å². The first-order valence-electron chi connectivity index (χ1n) is 19.8. The number of hydrogen-bond acceptors (Lipinski definition) is 11. The molecule has 2 aliphatic heterocycles. The lowest BCUT2D eigenvalue weighted by molar-refractivity contribution is -0.140. The molecule has 3 aromatic rings. The van der Waals surface area contributed by atoms with Crippen molar-refractivity contribution >= 4 is 44.4 Å². The van der Waals surface area contributed by atoms with Crippen molar-refractivity contribution < 1.29 is 41.8 Å². The zero-order valence-electron chi connectivity index (χ0n) is 33.1. The van der Waals surface area contributed by atoms with E-state index in [1.165, 1.54) is 17.2 Å². The highest BCUT2D eigenvalue weighted by molar-refractivity contribution is 7.91. The van der Waals surface area contributed by atoms with Crippen LogP contribution in [-0.4, -0.2) is 94.7 Å². The molecule has 0 unspecified atom stereocenters. The van der Waals surface area contributed by atoms with Crippen LogP contribution in [0, 0.1) is 18.3 Å². The van der Waals surface area contributed by atoms with Gasteiger partial charge < -0.3 is 24.4 Å². The Kier molecular flexibility index (Phi) is 11.1. The number of carbonyl (C=O) groups is 4. The molecule has 7 rings (SSSR count). The number of methoxy groups -OCH3 is 1. The van der Waals surface area contributed by atoms with E-state index in [2.05, 4.69) is 20.2 Å². The number of nitrogens with one attached hydrogen (secondary N) is 3. The highest BCUT2D eigenvalue weighted by Crippen LogP contribution is 2.57. The predicted octanol–water partition coefficient (Wildman–Crippen LogP) is 4.69. The van der Waals surface area contributed by atoms with E-state index in [-0.39, 0.29) is 42.9 Å². The second-order valence-electron chi connectivity index (χ2n) is 16.5. The average molecular weight is 805 g/mol. The minimum atomic E-state index is -3.96. The first-order chi connectivity index (χ1) is 27.1. The number of aromatic nitrogens is 3. The number of amides is 3. The Labute approximate surface area is 332 Å². The SMILES string of the molecule is COc1ccc2c(O[C@@H]3C[C@H]4C(=O)C[C@]5(C(=O)NS(=O)(=O)C6(C)CC6)C[C@H]5/C=C\CCCCC[C@H](NC(=O)c5ccn[nH]5)C(=O)N4C3)cc(OC(C)C)nc2c1C. The maximum Gasteiger partial charge on any atom is 0.269 e. The fraction of sp³-hybridized carbons (Fsp3) is 0.561. The van der Waals surface area contributed by atoms with Gasteiger partial charge in [-0.05, 0) is 90.3 Å². The molecule has 15 nitrogen and oxygen atoms in total. The number of aryl methyl sites for hydroxylation is 1. The molecule has 4 heterocycles. The van der Waals surface area contributed by atoms with Crippen molar-refractivity contribution in [1.82, 2.24) is 30.1 Å². The summed E-state index contributed by atoms with van der Waals surface area (Å²) in [6.07, 6.45) is 8.81. The molecule has 306 valence electrons. The highest BCUT2D eigenvalue weighted by atomic mass is 32.2. The zero-order chi connectivity index (χ0) is 40.7. The van der Waals surface area contributed by atoms with Crippen molar-refractivity contribution in [1.29, 1.82) is 0 Å². The summed E-state index contributed by atoms with van der Waals surface area (Å²) in [6.45, 7) is 7.29. The van der Waals surface area contributed by atoms with Crippen molar-refractivity contribution in [2.45, 2.75) is 121 Å². The number of sulfonamides is 1. The third-order valence-corrected chi connectivity index (χ3v) is 14.1. The van der Waals surface area contributed by atoms with Crippen molar-refractivity contribution in [3.63, 3.8) is 0 Å². The highest BCUT2D eigenvalue weighted by Gasteiger charge is 2.62. The van der Waals surface area contributed by atoms with Gasteiger partial charge in [0.15, 0.2) is 5.78 Å². The van der Waals surface area contributed by atoms with E-state index in [1.54, 1.807) is 20.1 Å². The molecule has 5 atom stereocenters. The quantitative estimate of drug-likeness (QED) is 0.240. The third-order valence-electron chi connectivity index (χ3n) is 11.9. The number of benzene rings is 1. The number of allylic oxidation sites excluding steroid dienone is 2. The van der Waals surface area contributed by atoms with E-state index in [0.29, 0.717) is 66.8 Å². The Morgan fingerprint density at radius 3 is 2.58 bits per heavy atom. The number of Topliss-reactive ketones (excluding diaryl/α,β-unsaturated/α-hetero) is 1. The standard InChI is InChI=1S/C41H52N6O9S/c1-24(2)55-35-20-34(28-13-14-33(54-5)25(3)36(28)44-35)56-27-19-31-32(48)22-41(39(51)46-57(52,53)40(4)16-17-40)21-26(41)11-9-7-6-8-10-12-30(38(50)47(31)23-27)43-37(49)29-15-18-42-45-29/h9,11,13-15,18,20,24,26-27,30-31H,6-8,10,12,16-17,19,21-23H2,1-5H3,(H,42,45)(H,43,49)(H,46,51)/b11-9-/t26-,27-,30+,31+,41-/m1/s1. The number of fused-ring (bicyclic) bond motifs is 3. The summed E-state index contributed by atoms with van der Waals surface area (Å²) in [5, 5.41) is 10.1. The molecule has 2 aliphatic carbocycles. The van der Waals surface area contributed by atoms with Crippen LogP contribution < -0.4 is 24.2 Å². The van der Waals surface area contributed by atoms with Crippen molar-refractivity contribution in [3.05, 3.63) is 53.9 Å². The van der Waals surface area contributed by atoms with Crippen LogP contribution in [-0.2, 0) is 24.4 Å². The number of ketones is 1. The number of ether oxygens (including phenoxy) is 3. The maximum absolute atomic E-state index is 14.7. The average Bonchev–Trinajstić information content (AvgIpc) is 3.91. The van der Waals surface area contributed by atoms with Crippen molar-refractivity contribution in [2.24, 2.45) is 11.3 Å². The van der Waals surface area contributed by atoms with Gasteiger partial charge in [0.05, 0.1) is 41.5 Å². The number of pyridine rings is 1. The van der Waals surface area contributed by atoms with Crippen molar-refractivity contribution in [3.8, 4) is 17.4 Å². The first kappa shape index (κ1) is 40.2. The molecular formula is C41H52N6O9S. The molecule has 2 saturated carbocycles. The summed E-state index contributed by atoms with van der Waals surface area (Å²) >= 11 is 0. The van der Waals surface area contributed by atoms with Gasteiger partial charge in [-0.2, -0.15) is 5.10 Å². The minimum Gasteiger partial charge on any atom is -0.496 e.